The molecule has 4 aromatic heterocycles. The molecule has 0 saturated heterocycles. The Labute approximate surface area is 165 Å². The topological polar surface area (TPSA) is 30.7 Å². The van der Waals surface area contributed by atoms with Gasteiger partial charge < -0.3 is 4.57 Å². The number of hydrogen-bond donors (Lipinski definition) is 0. The van der Waals surface area contributed by atoms with Crippen molar-refractivity contribution in [2.75, 3.05) is 0 Å². The second kappa shape index (κ2) is 6.01. The van der Waals surface area contributed by atoms with Gasteiger partial charge in [0.05, 0.1) is 34.3 Å². The molecule has 132 valence electrons. The highest BCUT2D eigenvalue weighted by Crippen LogP contribution is 2.36. The number of thiophene rings is 1. The van der Waals surface area contributed by atoms with Gasteiger partial charge in [0.15, 0.2) is 0 Å². The van der Waals surface area contributed by atoms with Gasteiger partial charge in [0.25, 0.3) is 0 Å². The molecule has 0 spiro atoms. The molecular weight excluding hydrogens is 362 g/mol. The van der Waals surface area contributed by atoms with Crippen molar-refractivity contribution in [2.45, 2.75) is 0 Å². The van der Waals surface area contributed by atoms with Crippen molar-refractivity contribution in [2.24, 2.45) is 0 Å². The minimum atomic E-state index is 0.880. The first-order chi connectivity index (χ1) is 13.9. The highest BCUT2D eigenvalue weighted by atomic mass is 32.1. The third-order valence-corrected chi connectivity index (χ3v) is 6.06. The number of rotatable bonds is 2. The van der Waals surface area contributed by atoms with Crippen LogP contribution in [0, 0.1) is 0 Å². The maximum absolute atomic E-state index is 4.69. The SMILES string of the molecule is c1ccc(-c2ccc(-n3c4ccccc4c4cc5ccsc5cc43)cn2)nc1. The van der Waals surface area contributed by atoms with Crippen LogP contribution in [0.3, 0.4) is 0 Å². The summed E-state index contributed by atoms with van der Waals surface area (Å²) in [5, 5.41) is 5.98. The lowest BCUT2D eigenvalue weighted by molar-refractivity contribution is 1.14. The van der Waals surface area contributed by atoms with Gasteiger partial charge in [-0.05, 0) is 59.3 Å². The molecule has 0 saturated carbocycles. The summed E-state index contributed by atoms with van der Waals surface area (Å²) in [4.78, 5) is 9.09. The fourth-order valence-corrected chi connectivity index (χ4v) is 4.69. The standard InChI is InChI=1S/C24H15N3S/c1-2-7-22-18(5-1)19-13-16-10-12-28-24(16)14-23(19)27(22)17-8-9-21(26-15-17)20-6-3-4-11-25-20/h1-15H. The molecule has 4 heteroatoms. The highest BCUT2D eigenvalue weighted by molar-refractivity contribution is 7.17. The molecule has 0 aliphatic heterocycles. The monoisotopic (exact) mass is 377 g/mol. The second-order valence-corrected chi connectivity index (χ2v) is 7.74. The van der Waals surface area contributed by atoms with E-state index in [2.05, 4.69) is 63.5 Å². The zero-order valence-corrected chi connectivity index (χ0v) is 15.7. The summed E-state index contributed by atoms with van der Waals surface area (Å²) < 4.78 is 3.61. The molecule has 0 aliphatic rings. The highest BCUT2D eigenvalue weighted by Gasteiger charge is 2.14. The quantitative estimate of drug-likeness (QED) is 0.347. The Bertz CT molecular complexity index is 1440. The van der Waals surface area contributed by atoms with Crippen LogP contribution in [0.4, 0.5) is 0 Å². The van der Waals surface area contributed by atoms with Crippen LogP contribution >= 0.6 is 11.3 Å². The van der Waals surface area contributed by atoms with Gasteiger partial charge >= 0.3 is 0 Å². The van der Waals surface area contributed by atoms with E-state index in [1.807, 2.05) is 30.5 Å². The maximum atomic E-state index is 4.69. The Balaban J connectivity index is 1.62. The maximum Gasteiger partial charge on any atom is 0.0887 e. The summed E-state index contributed by atoms with van der Waals surface area (Å²) in [6, 6.07) is 25.4. The van der Waals surface area contributed by atoms with E-state index in [9.17, 15) is 0 Å². The average molecular weight is 377 g/mol. The van der Waals surface area contributed by atoms with Crippen LogP contribution in [0.1, 0.15) is 0 Å². The van der Waals surface area contributed by atoms with Gasteiger partial charge in [-0.25, -0.2) is 0 Å². The van der Waals surface area contributed by atoms with Gasteiger partial charge in [-0.1, -0.05) is 24.3 Å². The van der Waals surface area contributed by atoms with Crippen molar-refractivity contribution >= 4 is 43.2 Å². The molecule has 0 aliphatic carbocycles. The van der Waals surface area contributed by atoms with Crippen molar-refractivity contribution in [1.82, 2.24) is 14.5 Å². The molecular formula is C24H15N3S. The lowest BCUT2D eigenvalue weighted by atomic mass is 10.1. The van der Waals surface area contributed by atoms with Crippen LogP contribution in [0.2, 0.25) is 0 Å². The number of fused-ring (bicyclic) bond motifs is 4. The summed E-state index contributed by atoms with van der Waals surface area (Å²) >= 11 is 1.78. The van der Waals surface area contributed by atoms with E-state index < -0.39 is 0 Å². The number of pyridine rings is 2. The summed E-state index contributed by atoms with van der Waals surface area (Å²) in [5.41, 5.74) is 5.23. The van der Waals surface area contributed by atoms with Crippen molar-refractivity contribution in [3.8, 4) is 17.1 Å². The first-order valence-corrected chi connectivity index (χ1v) is 10.0. The predicted octanol–water partition coefficient (Wildman–Crippen LogP) is 6.46. The van der Waals surface area contributed by atoms with Crippen molar-refractivity contribution in [1.29, 1.82) is 0 Å². The summed E-state index contributed by atoms with van der Waals surface area (Å²) in [6.07, 6.45) is 3.73. The first kappa shape index (κ1) is 15.5. The third kappa shape index (κ3) is 2.28. The van der Waals surface area contributed by atoms with Crippen LogP contribution in [0.5, 0.6) is 0 Å². The third-order valence-electron chi connectivity index (χ3n) is 5.18. The molecule has 0 atom stereocenters. The van der Waals surface area contributed by atoms with Crippen LogP contribution in [0.25, 0.3) is 49.0 Å². The zero-order valence-electron chi connectivity index (χ0n) is 14.9. The van der Waals surface area contributed by atoms with E-state index in [0.717, 1.165) is 17.1 Å². The summed E-state index contributed by atoms with van der Waals surface area (Å²) in [5.74, 6) is 0. The normalized spacial score (nSPS) is 11.6. The molecule has 0 bridgehead atoms. The number of aromatic nitrogens is 3. The molecule has 6 aromatic rings. The van der Waals surface area contributed by atoms with E-state index in [1.165, 1.54) is 31.9 Å². The Kier molecular flexibility index (Phi) is 3.34. The molecule has 0 amide bonds. The molecule has 0 radical (unpaired) electrons. The smallest absolute Gasteiger partial charge is 0.0887 e. The molecule has 3 nitrogen and oxygen atoms in total. The summed E-state index contributed by atoms with van der Waals surface area (Å²) in [6.45, 7) is 0. The Hall–Kier alpha value is -3.50. The van der Waals surface area contributed by atoms with Gasteiger partial charge in [-0.3, -0.25) is 9.97 Å². The van der Waals surface area contributed by atoms with Crippen molar-refractivity contribution in [3.05, 3.63) is 90.6 Å². The van der Waals surface area contributed by atoms with E-state index in [1.54, 1.807) is 17.5 Å². The van der Waals surface area contributed by atoms with Crippen LogP contribution in [-0.4, -0.2) is 14.5 Å². The van der Waals surface area contributed by atoms with Gasteiger partial charge in [0.2, 0.25) is 0 Å². The fourth-order valence-electron chi connectivity index (χ4n) is 3.89. The van der Waals surface area contributed by atoms with E-state index in [4.69, 9.17) is 4.98 Å². The van der Waals surface area contributed by atoms with Crippen LogP contribution < -0.4 is 0 Å². The zero-order chi connectivity index (χ0) is 18.5. The fraction of sp³-hybridized carbons (Fsp3) is 0. The van der Waals surface area contributed by atoms with E-state index in [-0.39, 0.29) is 0 Å². The lowest BCUT2D eigenvalue weighted by Gasteiger charge is -2.08. The first-order valence-electron chi connectivity index (χ1n) is 9.17. The molecule has 6 rings (SSSR count). The largest absolute Gasteiger partial charge is 0.308 e. The number of nitrogens with zero attached hydrogens (tertiary/aromatic N) is 3. The Morgan fingerprint density at radius 3 is 2.46 bits per heavy atom. The average Bonchev–Trinajstić information content (AvgIpc) is 3.35. The van der Waals surface area contributed by atoms with Crippen LogP contribution in [-0.2, 0) is 0 Å². The van der Waals surface area contributed by atoms with E-state index >= 15 is 0 Å². The minimum absolute atomic E-state index is 0.880. The van der Waals surface area contributed by atoms with Crippen molar-refractivity contribution in [3.63, 3.8) is 0 Å². The summed E-state index contributed by atoms with van der Waals surface area (Å²) in [7, 11) is 0. The van der Waals surface area contributed by atoms with Gasteiger partial charge in [0, 0.05) is 21.7 Å². The molecule has 28 heavy (non-hydrogen) atoms. The molecule has 0 N–H and O–H groups in total. The molecule has 4 heterocycles. The number of para-hydroxylation sites is 1. The van der Waals surface area contributed by atoms with Gasteiger partial charge in [0.1, 0.15) is 0 Å². The van der Waals surface area contributed by atoms with Crippen LogP contribution in [0.15, 0.2) is 90.6 Å². The Morgan fingerprint density at radius 1 is 0.714 bits per heavy atom. The number of benzene rings is 2. The molecule has 0 unspecified atom stereocenters. The minimum Gasteiger partial charge on any atom is -0.308 e. The lowest BCUT2D eigenvalue weighted by Crippen LogP contribution is -1.95. The van der Waals surface area contributed by atoms with Crippen molar-refractivity contribution < 1.29 is 0 Å². The number of hydrogen-bond acceptors (Lipinski definition) is 3. The Morgan fingerprint density at radius 2 is 1.61 bits per heavy atom. The van der Waals surface area contributed by atoms with Gasteiger partial charge in [-0.2, -0.15) is 0 Å². The van der Waals surface area contributed by atoms with Gasteiger partial charge in [-0.15, -0.1) is 11.3 Å². The molecule has 2 aromatic carbocycles. The molecule has 0 fully saturated rings. The predicted molar refractivity (Wildman–Crippen MR) is 117 cm³/mol. The van der Waals surface area contributed by atoms with E-state index in [0.29, 0.717) is 0 Å². The second-order valence-electron chi connectivity index (χ2n) is 6.80.